The third-order valence-electron chi connectivity index (χ3n) is 2.93. The number of benzene rings is 1. The predicted molar refractivity (Wildman–Crippen MR) is 95.3 cm³/mol. The highest BCUT2D eigenvalue weighted by Crippen LogP contribution is 2.35. The largest absolute Gasteiger partial charge is 0.465 e. The van der Waals surface area contributed by atoms with Gasteiger partial charge in [-0.25, -0.2) is 5.09 Å². The van der Waals surface area contributed by atoms with Crippen molar-refractivity contribution in [1.29, 1.82) is 0 Å². The van der Waals surface area contributed by atoms with Gasteiger partial charge >= 0.3 is 14.5 Å². The summed E-state index contributed by atoms with van der Waals surface area (Å²) in [6, 6.07) is 9.24. The third kappa shape index (κ3) is 9.40. The van der Waals surface area contributed by atoms with Gasteiger partial charge in [0.05, 0.1) is 25.2 Å². The molecular weight excluding hydrogens is 353 g/mol. The van der Waals surface area contributed by atoms with E-state index in [0.717, 1.165) is 12.8 Å². The van der Waals surface area contributed by atoms with Crippen LogP contribution in [0.2, 0.25) is 0 Å². The molecule has 136 valence electrons. The Morgan fingerprint density at radius 2 is 2.08 bits per heavy atom. The first-order chi connectivity index (χ1) is 11.7. The molecule has 1 N–H and O–H groups in total. The summed E-state index contributed by atoms with van der Waals surface area (Å²) in [5, 5.41) is 2.95. The number of alkyl halides is 1. The molecule has 2 unspecified atom stereocenters. The highest BCUT2D eigenvalue weighted by Gasteiger charge is 2.18. The standard InChI is InChI=1S/C16H25ClNO5P/c1-3-4-10-21-16(19)12-18-24(22-13-15(11-17)20-2)23-14-8-6-5-7-9-14/h5-9,15,18H,3-4,10-13H2,1-2H3. The summed E-state index contributed by atoms with van der Waals surface area (Å²) in [6.45, 7) is 2.74. The lowest BCUT2D eigenvalue weighted by Gasteiger charge is -2.20. The zero-order valence-electron chi connectivity index (χ0n) is 14.1. The normalized spacial score (nSPS) is 13.3. The van der Waals surface area contributed by atoms with Crippen molar-refractivity contribution in [2.75, 3.05) is 32.7 Å². The molecule has 24 heavy (non-hydrogen) atoms. The van der Waals surface area contributed by atoms with Crippen molar-refractivity contribution in [1.82, 2.24) is 5.09 Å². The number of hydrogen-bond acceptors (Lipinski definition) is 6. The van der Waals surface area contributed by atoms with E-state index in [1.807, 2.05) is 37.3 Å². The minimum absolute atomic E-state index is 0.0147. The molecule has 0 saturated carbocycles. The molecule has 0 amide bonds. The Morgan fingerprint density at radius 1 is 1.33 bits per heavy atom. The monoisotopic (exact) mass is 377 g/mol. The average Bonchev–Trinajstić information content (AvgIpc) is 2.61. The molecule has 2 atom stereocenters. The van der Waals surface area contributed by atoms with E-state index in [1.54, 1.807) is 7.11 Å². The Labute approximate surface area is 149 Å². The van der Waals surface area contributed by atoms with Gasteiger partial charge in [-0.3, -0.25) is 4.79 Å². The van der Waals surface area contributed by atoms with E-state index in [9.17, 15) is 4.79 Å². The van der Waals surface area contributed by atoms with Crippen molar-refractivity contribution in [2.45, 2.75) is 25.9 Å². The molecule has 0 fully saturated rings. The van der Waals surface area contributed by atoms with E-state index in [4.69, 9.17) is 30.1 Å². The van der Waals surface area contributed by atoms with Gasteiger partial charge in [-0.1, -0.05) is 31.5 Å². The van der Waals surface area contributed by atoms with Crippen molar-refractivity contribution in [3.63, 3.8) is 0 Å². The molecule has 1 aromatic rings. The molecule has 0 aliphatic heterocycles. The van der Waals surface area contributed by atoms with Crippen LogP contribution in [0.15, 0.2) is 30.3 Å². The van der Waals surface area contributed by atoms with Crippen molar-refractivity contribution < 1.29 is 23.3 Å². The number of rotatable bonds is 13. The Bertz CT molecular complexity index is 447. The number of hydrogen-bond donors (Lipinski definition) is 1. The van der Waals surface area contributed by atoms with Crippen LogP contribution in [0, 0.1) is 0 Å². The minimum atomic E-state index is -1.52. The third-order valence-corrected chi connectivity index (χ3v) is 4.45. The van der Waals surface area contributed by atoms with Crippen LogP contribution < -0.4 is 9.61 Å². The van der Waals surface area contributed by atoms with Gasteiger partial charge in [0.1, 0.15) is 12.3 Å². The summed E-state index contributed by atoms with van der Waals surface area (Å²) in [6.07, 6.45) is 1.59. The van der Waals surface area contributed by atoms with Crippen LogP contribution in [-0.4, -0.2) is 44.8 Å². The highest BCUT2D eigenvalue weighted by atomic mass is 35.5. The van der Waals surface area contributed by atoms with Crippen molar-refractivity contribution >= 4 is 26.1 Å². The number of esters is 1. The summed E-state index contributed by atoms with van der Waals surface area (Å²) in [4.78, 5) is 11.7. The van der Waals surface area contributed by atoms with Crippen LogP contribution in [0.3, 0.4) is 0 Å². The van der Waals surface area contributed by atoms with Crippen LogP contribution in [0.4, 0.5) is 0 Å². The Morgan fingerprint density at radius 3 is 2.71 bits per heavy atom. The molecule has 0 spiro atoms. The van der Waals surface area contributed by atoms with Gasteiger partial charge in [0.15, 0.2) is 0 Å². The number of ether oxygens (including phenoxy) is 2. The average molecular weight is 378 g/mol. The lowest BCUT2D eigenvalue weighted by molar-refractivity contribution is -0.142. The van der Waals surface area contributed by atoms with E-state index in [2.05, 4.69) is 5.09 Å². The van der Waals surface area contributed by atoms with Gasteiger partial charge in [-0.15, -0.1) is 11.6 Å². The number of halogens is 1. The van der Waals surface area contributed by atoms with Crippen LogP contribution >= 0.6 is 20.1 Å². The lowest BCUT2D eigenvalue weighted by atomic mass is 10.3. The second-order valence-corrected chi connectivity index (χ2v) is 6.46. The van der Waals surface area contributed by atoms with Crippen LogP contribution in [-0.2, 0) is 18.8 Å². The summed E-state index contributed by atoms with van der Waals surface area (Å²) in [7, 11) is 0.0433. The van der Waals surface area contributed by atoms with Gasteiger partial charge in [0.25, 0.3) is 0 Å². The minimum Gasteiger partial charge on any atom is -0.465 e. The second-order valence-electron chi connectivity index (χ2n) is 4.88. The number of methoxy groups -OCH3 is 1. The molecule has 0 aliphatic carbocycles. The number of carbonyl (C=O) groups is 1. The van der Waals surface area contributed by atoms with Gasteiger partial charge in [0.2, 0.25) is 0 Å². The van der Waals surface area contributed by atoms with Crippen LogP contribution in [0.25, 0.3) is 0 Å². The van der Waals surface area contributed by atoms with Crippen LogP contribution in [0.1, 0.15) is 19.8 Å². The maximum Gasteiger partial charge on any atom is 0.320 e. The summed E-state index contributed by atoms with van der Waals surface area (Å²) in [5.74, 6) is 0.622. The lowest BCUT2D eigenvalue weighted by Crippen LogP contribution is -2.26. The molecule has 0 aliphatic rings. The number of para-hydroxylation sites is 1. The molecule has 8 heteroatoms. The first-order valence-electron chi connectivity index (χ1n) is 7.83. The van der Waals surface area contributed by atoms with E-state index >= 15 is 0 Å². The maximum absolute atomic E-state index is 11.7. The van der Waals surface area contributed by atoms with E-state index in [0.29, 0.717) is 18.2 Å². The molecule has 1 rings (SSSR count). The van der Waals surface area contributed by atoms with Gasteiger partial charge in [-0.05, 0) is 18.6 Å². The highest BCUT2D eigenvalue weighted by molar-refractivity contribution is 7.45. The molecule has 1 aromatic carbocycles. The van der Waals surface area contributed by atoms with Crippen LogP contribution in [0.5, 0.6) is 5.75 Å². The van der Waals surface area contributed by atoms with Crippen molar-refractivity contribution in [2.24, 2.45) is 0 Å². The Kier molecular flexibility index (Phi) is 11.8. The Balaban J connectivity index is 2.48. The van der Waals surface area contributed by atoms with E-state index in [-0.39, 0.29) is 25.2 Å². The number of carbonyl (C=O) groups excluding carboxylic acids is 1. The van der Waals surface area contributed by atoms with Gasteiger partial charge in [-0.2, -0.15) is 0 Å². The van der Waals surface area contributed by atoms with Crippen molar-refractivity contribution in [3.8, 4) is 5.75 Å². The SMILES string of the molecule is CCCCOC(=O)CNP(OCC(CCl)OC)Oc1ccccc1. The molecular formula is C16H25ClNO5P. The first-order valence-corrected chi connectivity index (χ1v) is 9.54. The number of unbranched alkanes of at least 4 members (excludes halogenated alkanes) is 1. The van der Waals surface area contributed by atoms with Gasteiger partial charge < -0.3 is 18.5 Å². The Hall–Kier alpha value is -0.910. The van der Waals surface area contributed by atoms with E-state index < -0.39 is 8.53 Å². The molecule has 0 aromatic heterocycles. The second kappa shape index (κ2) is 13.4. The molecule has 6 nitrogen and oxygen atoms in total. The molecule has 0 radical (unpaired) electrons. The fraction of sp³-hybridized carbons (Fsp3) is 0.562. The topological polar surface area (TPSA) is 66.0 Å². The zero-order chi connectivity index (χ0) is 17.6. The first kappa shape index (κ1) is 21.1. The molecule has 0 bridgehead atoms. The smallest absolute Gasteiger partial charge is 0.320 e. The predicted octanol–water partition coefficient (Wildman–Crippen LogP) is 3.50. The summed E-state index contributed by atoms with van der Waals surface area (Å²) >= 11 is 5.78. The van der Waals surface area contributed by atoms with E-state index in [1.165, 1.54) is 0 Å². The van der Waals surface area contributed by atoms with Crippen molar-refractivity contribution in [3.05, 3.63) is 30.3 Å². The summed E-state index contributed by atoms with van der Waals surface area (Å²) < 4.78 is 21.7. The fourth-order valence-electron chi connectivity index (χ4n) is 1.52. The van der Waals surface area contributed by atoms with Gasteiger partial charge in [0, 0.05) is 7.11 Å². The quantitative estimate of drug-likeness (QED) is 0.246. The summed E-state index contributed by atoms with van der Waals surface area (Å²) in [5.41, 5.74) is 0. The molecule has 0 heterocycles. The molecule has 0 saturated heterocycles. The number of nitrogens with one attached hydrogen (secondary N) is 1. The fourth-order valence-corrected chi connectivity index (χ4v) is 2.81. The maximum atomic E-state index is 11.7. The zero-order valence-corrected chi connectivity index (χ0v) is 15.7.